The van der Waals surface area contributed by atoms with Crippen LogP contribution in [0.4, 0.5) is 11.6 Å². The molecule has 2 aliphatic rings. The number of rotatable bonds is 3. The summed E-state index contributed by atoms with van der Waals surface area (Å²) in [7, 11) is 0. The zero-order valence-corrected chi connectivity index (χ0v) is 16.0. The van der Waals surface area contributed by atoms with Crippen molar-refractivity contribution in [2.24, 2.45) is 5.92 Å². The van der Waals surface area contributed by atoms with Gasteiger partial charge in [-0.3, -0.25) is 9.59 Å². The number of piperidine rings is 1. The molecule has 0 unspecified atom stereocenters. The number of likely N-dealkylation sites (tertiary alicyclic amines) is 1. The van der Waals surface area contributed by atoms with E-state index in [1.807, 2.05) is 42.2 Å². The number of hydrogen-bond donors (Lipinski definition) is 1. The molecule has 146 valence electrons. The van der Waals surface area contributed by atoms with Gasteiger partial charge in [0.05, 0.1) is 11.6 Å². The molecule has 2 aromatic rings. The van der Waals surface area contributed by atoms with Gasteiger partial charge in [-0.25, -0.2) is 9.97 Å². The number of carbonyl (C=O) groups excluding carboxylic acids is 2. The first kappa shape index (κ1) is 18.4. The van der Waals surface area contributed by atoms with Crippen LogP contribution < -0.4 is 10.6 Å². The molecule has 2 amide bonds. The zero-order chi connectivity index (χ0) is 19.7. The minimum atomic E-state index is -0.289. The van der Waals surface area contributed by atoms with Gasteiger partial charge >= 0.3 is 0 Å². The number of nitrogen functional groups attached to an aromatic ring is 1. The Morgan fingerprint density at radius 1 is 1.18 bits per heavy atom. The van der Waals surface area contributed by atoms with Crippen molar-refractivity contribution in [3.63, 3.8) is 0 Å². The molecule has 2 saturated heterocycles. The van der Waals surface area contributed by atoms with Crippen LogP contribution in [-0.4, -0.2) is 46.3 Å². The van der Waals surface area contributed by atoms with E-state index in [-0.39, 0.29) is 36.0 Å². The second-order valence-corrected chi connectivity index (χ2v) is 7.70. The normalized spacial score (nSPS) is 22.5. The van der Waals surface area contributed by atoms with Crippen molar-refractivity contribution in [2.75, 3.05) is 30.3 Å². The van der Waals surface area contributed by atoms with Gasteiger partial charge in [0.1, 0.15) is 0 Å². The average Bonchev–Trinajstić information content (AvgIpc) is 3.10. The van der Waals surface area contributed by atoms with Gasteiger partial charge in [-0.2, -0.15) is 0 Å². The number of nitrogens with zero attached hydrogens (tertiary/aromatic N) is 4. The van der Waals surface area contributed by atoms with Crippen molar-refractivity contribution in [3.8, 4) is 0 Å². The summed E-state index contributed by atoms with van der Waals surface area (Å²) in [5, 5.41) is 0. The molecule has 7 nitrogen and oxygen atoms in total. The first-order chi connectivity index (χ1) is 13.5. The molecule has 0 radical (unpaired) electrons. The first-order valence-corrected chi connectivity index (χ1v) is 9.75. The lowest BCUT2D eigenvalue weighted by atomic mass is 9.93. The molecule has 7 heteroatoms. The first-order valence-electron chi connectivity index (χ1n) is 9.75. The number of nitrogens with two attached hydrogens (primary N) is 1. The Morgan fingerprint density at radius 2 is 1.96 bits per heavy atom. The lowest BCUT2D eigenvalue weighted by Gasteiger charge is -2.34. The molecule has 2 N–H and O–H groups in total. The van der Waals surface area contributed by atoms with Crippen molar-refractivity contribution in [3.05, 3.63) is 47.8 Å². The van der Waals surface area contributed by atoms with Gasteiger partial charge in [0.2, 0.25) is 17.8 Å². The van der Waals surface area contributed by atoms with Gasteiger partial charge in [-0.05, 0) is 38.0 Å². The fraction of sp³-hybridized carbons (Fsp3) is 0.429. The van der Waals surface area contributed by atoms with Crippen molar-refractivity contribution < 1.29 is 9.59 Å². The smallest absolute Gasteiger partial charge is 0.228 e. The predicted molar refractivity (Wildman–Crippen MR) is 107 cm³/mol. The second-order valence-electron chi connectivity index (χ2n) is 7.70. The van der Waals surface area contributed by atoms with Crippen LogP contribution in [0.25, 0.3) is 0 Å². The van der Waals surface area contributed by atoms with Gasteiger partial charge < -0.3 is 15.5 Å². The van der Waals surface area contributed by atoms with Gasteiger partial charge in [-0.1, -0.05) is 17.7 Å². The Hall–Kier alpha value is -2.96. The summed E-state index contributed by atoms with van der Waals surface area (Å²) in [6.07, 6.45) is 3.82. The third-order valence-electron chi connectivity index (χ3n) is 5.67. The highest BCUT2D eigenvalue weighted by Gasteiger charge is 2.38. The van der Waals surface area contributed by atoms with E-state index < -0.39 is 0 Å². The number of benzene rings is 1. The lowest BCUT2D eigenvalue weighted by Crippen LogP contribution is -2.43. The molecule has 2 aliphatic heterocycles. The third-order valence-corrected chi connectivity index (χ3v) is 5.67. The number of amides is 2. The molecule has 1 aromatic heterocycles. The molecule has 28 heavy (non-hydrogen) atoms. The summed E-state index contributed by atoms with van der Waals surface area (Å²) in [6, 6.07) is 9.72. The highest BCUT2D eigenvalue weighted by molar-refractivity contribution is 6.00. The van der Waals surface area contributed by atoms with E-state index in [1.54, 1.807) is 11.1 Å². The summed E-state index contributed by atoms with van der Waals surface area (Å²) >= 11 is 0. The Kier molecular flexibility index (Phi) is 4.98. The van der Waals surface area contributed by atoms with Crippen LogP contribution in [0.15, 0.2) is 36.5 Å². The summed E-state index contributed by atoms with van der Waals surface area (Å²) in [5.74, 6) is 0.210. The van der Waals surface area contributed by atoms with Crippen molar-refractivity contribution in [1.29, 1.82) is 0 Å². The molecule has 3 heterocycles. The molecule has 2 fully saturated rings. The second kappa shape index (κ2) is 7.58. The molecular weight excluding hydrogens is 354 g/mol. The van der Waals surface area contributed by atoms with Crippen molar-refractivity contribution in [1.82, 2.24) is 14.9 Å². The average molecular weight is 379 g/mol. The largest absolute Gasteiger partial charge is 0.368 e. The molecule has 0 bridgehead atoms. The Bertz CT molecular complexity index is 883. The minimum absolute atomic E-state index is 0.0133. The molecule has 1 aromatic carbocycles. The summed E-state index contributed by atoms with van der Waals surface area (Å²) in [5.41, 5.74) is 8.60. The summed E-state index contributed by atoms with van der Waals surface area (Å²) in [6.45, 7) is 3.80. The third kappa shape index (κ3) is 3.69. The molecule has 0 aliphatic carbocycles. The van der Waals surface area contributed by atoms with E-state index in [9.17, 15) is 9.59 Å². The number of carbonyl (C=O) groups is 2. The number of hydrogen-bond acceptors (Lipinski definition) is 5. The van der Waals surface area contributed by atoms with Gasteiger partial charge in [-0.15, -0.1) is 0 Å². The Morgan fingerprint density at radius 3 is 2.71 bits per heavy atom. The van der Waals surface area contributed by atoms with Gasteiger partial charge in [0.15, 0.2) is 0 Å². The number of anilines is 2. The van der Waals surface area contributed by atoms with E-state index in [0.29, 0.717) is 13.1 Å². The monoisotopic (exact) mass is 379 g/mol. The van der Waals surface area contributed by atoms with E-state index in [4.69, 9.17) is 5.73 Å². The molecule has 2 atom stereocenters. The topological polar surface area (TPSA) is 92.4 Å². The van der Waals surface area contributed by atoms with Gasteiger partial charge in [0, 0.05) is 43.9 Å². The van der Waals surface area contributed by atoms with Crippen LogP contribution in [0, 0.1) is 12.8 Å². The van der Waals surface area contributed by atoms with Crippen molar-refractivity contribution >= 4 is 23.5 Å². The van der Waals surface area contributed by atoms with E-state index in [0.717, 1.165) is 36.3 Å². The highest BCUT2D eigenvalue weighted by Crippen LogP contribution is 2.30. The fourth-order valence-corrected chi connectivity index (χ4v) is 4.14. The van der Waals surface area contributed by atoms with Crippen LogP contribution in [0.5, 0.6) is 0 Å². The van der Waals surface area contributed by atoms with E-state index >= 15 is 0 Å². The zero-order valence-electron chi connectivity index (χ0n) is 16.0. The lowest BCUT2D eigenvalue weighted by molar-refractivity contribution is -0.137. The Labute approximate surface area is 164 Å². The predicted octanol–water partition coefficient (Wildman–Crippen LogP) is 2.13. The molecular formula is C21H25N5O2. The molecule has 4 rings (SSSR count). The molecule has 0 spiro atoms. The Balaban J connectivity index is 1.44. The minimum Gasteiger partial charge on any atom is -0.368 e. The van der Waals surface area contributed by atoms with Crippen LogP contribution >= 0.6 is 0 Å². The highest BCUT2D eigenvalue weighted by atomic mass is 16.2. The fourth-order valence-electron chi connectivity index (χ4n) is 4.14. The van der Waals surface area contributed by atoms with Gasteiger partial charge in [0.25, 0.3) is 0 Å². The standard InChI is InChI=1S/C21H25N5O2/c1-14-4-6-17(7-5-14)26-13-16(11-19(26)27)20(28)25-10-2-3-15(12-25)18-8-9-23-21(22)24-18/h4-9,15-16H,2-3,10-13H2,1H3,(H2,22,23,24)/t15-,16+/m1/s1. The van der Waals surface area contributed by atoms with Crippen LogP contribution in [0.3, 0.4) is 0 Å². The summed E-state index contributed by atoms with van der Waals surface area (Å²) < 4.78 is 0. The van der Waals surface area contributed by atoms with Crippen molar-refractivity contribution in [2.45, 2.75) is 32.1 Å². The van der Waals surface area contributed by atoms with E-state index in [2.05, 4.69) is 9.97 Å². The maximum absolute atomic E-state index is 13.1. The quantitative estimate of drug-likeness (QED) is 0.882. The maximum atomic E-state index is 13.1. The van der Waals surface area contributed by atoms with E-state index in [1.165, 1.54) is 0 Å². The van der Waals surface area contributed by atoms with Crippen LogP contribution in [-0.2, 0) is 9.59 Å². The number of aryl methyl sites for hydroxylation is 1. The maximum Gasteiger partial charge on any atom is 0.228 e. The van der Waals surface area contributed by atoms with Crippen LogP contribution in [0.1, 0.15) is 36.4 Å². The summed E-state index contributed by atoms with van der Waals surface area (Å²) in [4.78, 5) is 37.5. The number of aromatic nitrogens is 2. The molecule has 0 saturated carbocycles. The van der Waals surface area contributed by atoms with Crippen LogP contribution in [0.2, 0.25) is 0 Å². The SMILES string of the molecule is Cc1ccc(N2C[C@@H](C(=O)N3CCC[C@@H](c4ccnc(N)n4)C3)CC2=O)cc1.